The number of oxazole rings is 1. The molecule has 0 amide bonds. The first-order valence-electron chi connectivity index (χ1n) is 7.77. The maximum absolute atomic E-state index is 12.2. The highest BCUT2D eigenvalue weighted by atomic mass is 35.5. The molecular formula is C19H16ClNO3S. The van der Waals surface area contributed by atoms with Crippen molar-refractivity contribution >= 4 is 46.5 Å². The Kier molecular flexibility index (Phi) is 5.79. The normalized spacial score (nSPS) is 11.7. The monoisotopic (exact) mass is 373 g/mol. The van der Waals surface area contributed by atoms with Crippen molar-refractivity contribution in [3.05, 3.63) is 64.7 Å². The van der Waals surface area contributed by atoms with Crippen molar-refractivity contribution in [3.8, 4) is 0 Å². The summed E-state index contributed by atoms with van der Waals surface area (Å²) in [5, 5.41) is 1.13. The van der Waals surface area contributed by atoms with Crippen molar-refractivity contribution in [2.75, 3.05) is 12.4 Å². The Morgan fingerprint density at radius 2 is 2.12 bits per heavy atom. The minimum absolute atomic E-state index is 0.319. The van der Waals surface area contributed by atoms with Gasteiger partial charge in [0, 0.05) is 16.3 Å². The van der Waals surface area contributed by atoms with Gasteiger partial charge < -0.3 is 9.15 Å². The lowest BCUT2D eigenvalue weighted by Crippen LogP contribution is -2.09. The third kappa shape index (κ3) is 4.65. The van der Waals surface area contributed by atoms with E-state index in [9.17, 15) is 4.79 Å². The van der Waals surface area contributed by atoms with E-state index in [0.717, 1.165) is 16.7 Å². The largest absolute Gasteiger partial charge is 0.463 e. The van der Waals surface area contributed by atoms with E-state index in [1.54, 1.807) is 25.1 Å². The van der Waals surface area contributed by atoms with Crippen LogP contribution in [0.15, 0.2) is 63.7 Å². The molecule has 0 saturated carbocycles. The van der Waals surface area contributed by atoms with E-state index >= 15 is 0 Å². The number of aromatic nitrogens is 1. The molecule has 0 fully saturated rings. The molecule has 2 aromatic carbocycles. The van der Waals surface area contributed by atoms with Gasteiger partial charge in [-0.2, -0.15) is 0 Å². The third-order valence-electron chi connectivity index (χ3n) is 3.35. The first kappa shape index (κ1) is 17.6. The van der Waals surface area contributed by atoms with Gasteiger partial charge in [0.05, 0.1) is 6.61 Å². The number of esters is 1. The fourth-order valence-electron chi connectivity index (χ4n) is 2.23. The Morgan fingerprint density at radius 1 is 1.28 bits per heavy atom. The second-order valence-corrected chi connectivity index (χ2v) is 6.54. The fourth-order valence-corrected chi connectivity index (χ4v) is 3.22. The summed E-state index contributed by atoms with van der Waals surface area (Å²) >= 11 is 7.36. The highest BCUT2D eigenvalue weighted by Gasteiger charge is 2.14. The summed E-state index contributed by atoms with van der Waals surface area (Å²) in [5.74, 6) is 0.0316. The summed E-state index contributed by atoms with van der Waals surface area (Å²) in [4.78, 5) is 16.6. The highest BCUT2D eigenvalue weighted by Crippen LogP contribution is 2.26. The smallest absolute Gasteiger partial charge is 0.334 e. The van der Waals surface area contributed by atoms with E-state index in [1.807, 2.05) is 36.4 Å². The number of ether oxygens (including phenoxy) is 1. The molecule has 0 bridgehead atoms. The minimum atomic E-state index is -0.355. The Hall–Kier alpha value is -2.24. The number of carbonyl (C=O) groups is 1. The maximum atomic E-state index is 12.2. The van der Waals surface area contributed by atoms with Gasteiger partial charge in [0.2, 0.25) is 0 Å². The van der Waals surface area contributed by atoms with Gasteiger partial charge in [0.25, 0.3) is 5.22 Å². The molecule has 3 aromatic rings. The van der Waals surface area contributed by atoms with Gasteiger partial charge in [-0.25, -0.2) is 9.78 Å². The Labute approximate surface area is 154 Å². The van der Waals surface area contributed by atoms with Crippen molar-refractivity contribution in [3.63, 3.8) is 0 Å². The quantitative estimate of drug-likeness (QED) is 0.337. The van der Waals surface area contributed by atoms with Gasteiger partial charge >= 0.3 is 5.97 Å². The molecule has 0 spiro atoms. The predicted molar refractivity (Wildman–Crippen MR) is 101 cm³/mol. The van der Waals surface area contributed by atoms with Crippen LogP contribution >= 0.6 is 23.4 Å². The highest BCUT2D eigenvalue weighted by molar-refractivity contribution is 7.99. The molecule has 128 valence electrons. The molecule has 0 saturated heterocycles. The molecule has 0 radical (unpaired) electrons. The Balaban J connectivity index is 1.80. The van der Waals surface area contributed by atoms with Gasteiger partial charge in [0.15, 0.2) is 5.58 Å². The topological polar surface area (TPSA) is 52.3 Å². The van der Waals surface area contributed by atoms with Crippen molar-refractivity contribution in [2.24, 2.45) is 0 Å². The number of hydrogen-bond donors (Lipinski definition) is 0. The van der Waals surface area contributed by atoms with Crippen LogP contribution in [0.2, 0.25) is 5.02 Å². The second-order valence-electron chi connectivity index (χ2n) is 5.18. The average molecular weight is 374 g/mol. The summed E-state index contributed by atoms with van der Waals surface area (Å²) in [6.07, 6.45) is 1.78. The number of nitrogens with zero attached hydrogens (tertiary/aromatic N) is 1. The van der Waals surface area contributed by atoms with Crippen molar-refractivity contribution < 1.29 is 13.9 Å². The van der Waals surface area contributed by atoms with E-state index in [4.69, 9.17) is 20.8 Å². The first-order chi connectivity index (χ1) is 12.2. The molecule has 1 aromatic heterocycles. The van der Waals surface area contributed by atoms with E-state index < -0.39 is 0 Å². The molecule has 3 rings (SSSR count). The van der Waals surface area contributed by atoms with Crippen molar-refractivity contribution in [1.29, 1.82) is 0 Å². The van der Waals surface area contributed by atoms with Gasteiger partial charge in [0.1, 0.15) is 5.52 Å². The predicted octanol–water partition coefficient (Wildman–Crippen LogP) is 5.22. The Bertz CT molecular complexity index is 887. The van der Waals surface area contributed by atoms with Gasteiger partial charge in [-0.1, -0.05) is 47.6 Å². The van der Waals surface area contributed by atoms with Crippen molar-refractivity contribution in [1.82, 2.24) is 4.98 Å². The lowest BCUT2D eigenvalue weighted by atomic mass is 10.1. The molecular weight excluding hydrogens is 358 g/mol. The van der Waals surface area contributed by atoms with Gasteiger partial charge in [-0.3, -0.25) is 0 Å². The molecule has 4 nitrogen and oxygen atoms in total. The molecule has 1 heterocycles. The fraction of sp³-hybridized carbons (Fsp3) is 0.158. The van der Waals surface area contributed by atoms with E-state index in [1.165, 1.54) is 11.8 Å². The van der Waals surface area contributed by atoms with Crippen LogP contribution in [-0.4, -0.2) is 23.3 Å². The molecule has 0 aliphatic heterocycles. The standard InChI is InChI=1S/C19H16ClNO3S/c1-2-23-18(22)14(10-13-6-5-7-15(20)11-13)12-25-19-21-16-8-3-4-9-17(16)24-19/h3-11H,2,12H2,1H3/b14-10+. The zero-order valence-electron chi connectivity index (χ0n) is 13.6. The van der Waals surface area contributed by atoms with Crippen LogP contribution in [0.5, 0.6) is 0 Å². The summed E-state index contributed by atoms with van der Waals surface area (Å²) < 4.78 is 10.8. The SMILES string of the molecule is CCOC(=O)/C(=C/c1cccc(Cl)c1)CSc1nc2ccccc2o1. The molecule has 25 heavy (non-hydrogen) atoms. The van der Waals surface area contributed by atoms with E-state index in [-0.39, 0.29) is 5.97 Å². The molecule has 0 N–H and O–H groups in total. The molecule has 0 unspecified atom stereocenters. The number of benzene rings is 2. The number of carbonyl (C=O) groups excluding carboxylic acids is 1. The van der Waals surface area contributed by atoms with Gasteiger partial charge in [-0.05, 0) is 42.8 Å². The molecule has 0 aliphatic rings. The number of hydrogen-bond acceptors (Lipinski definition) is 5. The second kappa shape index (κ2) is 8.23. The lowest BCUT2D eigenvalue weighted by molar-refractivity contribution is -0.138. The summed E-state index contributed by atoms with van der Waals surface area (Å²) in [6.45, 7) is 2.10. The van der Waals surface area contributed by atoms with E-state index in [2.05, 4.69) is 4.98 Å². The van der Waals surface area contributed by atoms with Crippen LogP contribution in [0, 0.1) is 0 Å². The molecule has 0 aliphatic carbocycles. The number of rotatable bonds is 6. The number of halogens is 1. The first-order valence-corrected chi connectivity index (χ1v) is 9.13. The summed E-state index contributed by atoms with van der Waals surface area (Å²) in [7, 11) is 0. The van der Waals surface area contributed by atoms with Crippen LogP contribution in [0.25, 0.3) is 17.2 Å². The van der Waals surface area contributed by atoms with Gasteiger partial charge in [-0.15, -0.1) is 0 Å². The van der Waals surface area contributed by atoms with Crippen LogP contribution < -0.4 is 0 Å². The third-order valence-corrected chi connectivity index (χ3v) is 4.46. The zero-order valence-corrected chi connectivity index (χ0v) is 15.1. The van der Waals surface area contributed by atoms with Crippen molar-refractivity contribution in [2.45, 2.75) is 12.1 Å². The average Bonchev–Trinajstić information content (AvgIpc) is 3.01. The van der Waals surface area contributed by atoms with E-state index in [0.29, 0.717) is 28.2 Å². The molecule has 6 heteroatoms. The van der Waals surface area contributed by atoms with Crippen LogP contribution in [0.3, 0.4) is 0 Å². The Morgan fingerprint density at radius 3 is 2.88 bits per heavy atom. The lowest BCUT2D eigenvalue weighted by Gasteiger charge is -2.06. The molecule has 0 atom stereocenters. The van der Waals surface area contributed by atoms with Crippen LogP contribution in [-0.2, 0) is 9.53 Å². The summed E-state index contributed by atoms with van der Waals surface area (Å²) in [5.41, 5.74) is 2.88. The number of fused-ring (bicyclic) bond motifs is 1. The maximum Gasteiger partial charge on any atom is 0.334 e. The number of para-hydroxylation sites is 2. The van der Waals surface area contributed by atoms with Crippen LogP contribution in [0.1, 0.15) is 12.5 Å². The van der Waals surface area contributed by atoms with Crippen LogP contribution in [0.4, 0.5) is 0 Å². The summed E-state index contributed by atoms with van der Waals surface area (Å²) in [6, 6.07) is 14.9. The minimum Gasteiger partial charge on any atom is -0.463 e. The zero-order chi connectivity index (χ0) is 17.6. The number of thioether (sulfide) groups is 1.